The molecule has 124 valence electrons. The number of fused-ring (bicyclic) bond motifs is 1. The highest BCUT2D eigenvalue weighted by molar-refractivity contribution is 5.96. The van der Waals surface area contributed by atoms with E-state index in [4.69, 9.17) is 0 Å². The smallest absolute Gasteiger partial charge is 0.340 e. The third-order valence-electron chi connectivity index (χ3n) is 3.60. The summed E-state index contributed by atoms with van der Waals surface area (Å²) in [6.45, 7) is 2.44. The summed E-state index contributed by atoms with van der Waals surface area (Å²) in [5, 5.41) is 21.3. The fraction of sp³-hybridized carbons (Fsp3) is 0.267. The number of pyridine rings is 1. The number of non-ortho nitro benzene ring substituents is 1. The van der Waals surface area contributed by atoms with Crippen LogP contribution in [0, 0.1) is 17.0 Å². The highest BCUT2D eigenvalue weighted by atomic mass is 16.6. The Morgan fingerprint density at radius 3 is 2.92 bits per heavy atom. The number of H-pyrrole nitrogens is 2. The van der Waals surface area contributed by atoms with E-state index in [1.807, 2.05) is 12.1 Å². The van der Waals surface area contributed by atoms with E-state index < -0.39 is 4.92 Å². The van der Waals surface area contributed by atoms with Crippen LogP contribution in [0.3, 0.4) is 0 Å². The van der Waals surface area contributed by atoms with Gasteiger partial charge in [0, 0.05) is 35.8 Å². The van der Waals surface area contributed by atoms with Crippen LogP contribution in [0.25, 0.3) is 10.9 Å². The molecule has 0 unspecified atom stereocenters. The summed E-state index contributed by atoms with van der Waals surface area (Å²) in [6, 6.07) is 6.77. The zero-order valence-corrected chi connectivity index (χ0v) is 13.0. The van der Waals surface area contributed by atoms with Crippen LogP contribution in [0.15, 0.2) is 29.1 Å². The van der Waals surface area contributed by atoms with Crippen LogP contribution in [0.4, 0.5) is 11.4 Å². The van der Waals surface area contributed by atoms with Crippen molar-refractivity contribution in [3.05, 3.63) is 56.4 Å². The first-order valence-corrected chi connectivity index (χ1v) is 7.47. The molecule has 0 radical (unpaired) electrons. The first-order chi connectivity index (χ1) is 11.5. The zero-order chi connectivity index (χ0) is 17.1. The maximum absolute atomic E-state index is 11.2. The topological polar surface area (TPSA) is 130 Å². The number of aryl methyl sites for hydroxylation is 2. The summed E-state index contributed by atoms with van der Waals surface area (Å²) in [5.74, 6) is 0.605. The zero-order valence-electron chi connectivity index (χ0n) is 13.0. The number of benzene rings is 1. The molecular weight excluding hydrogens is 312 g/mol. The molecule has 2 aromatic heterocycles. The molecule has 3 rings (SSSR count). The lowest BCUT2D eigenvalue weighted by molar-refractivity contribution is -0.383. The largest absolute Gasteiger partial charge is 0.384 e. The lowest BCUT2D eigenvalue weighted by atomic mass is 10.1. The van der Waals surface area contributed by atoms with Gasteiger partial charge in [0.1, 0.15) is 5.82 Å². The molecule has 0 aliphatic heterocycles. The second-order valence-electron chi connectivity index (χ2n) is 5.40. The predicted octanol–water partition coefficient (Wildman–Crippen LogP) is 1.91. The van der Waals surface area contributed by atoms with E-state index in [2.05, 4.69) is 25.5 Å². The lowest BCUT2D eigenvalue weighted by Crippen LogP contribution is -2.06. The van der Waals surface area contributed by atoms with Gasteiger partial charge in [0.15, 0.2) is 5.52 Å². The third kappa shape index (κ3) is 3.24. The van der Waals surface area contributed by atoms with Crippen molar-refractivity contribution >= 4 is 22.3 Å². The maximum Gasteiger partial charge on any atom is 0.340 e. The van der Waals surface area contributed by atoms with Gasteiger partial charge >= 0.3 is 5.69 Å². The Balaban J connectivity index is 1.77. The Hall–Kier alpha value is -3.23. The predicted molar refractivity (Wildman–Crippen MR) is 89.2 cm³/mol. The first kappa shape index (κ1) is 15.7. The SMILES string of the molecule is Cc1cc(NCCCc2n[nH]c(=O)[nH]2)c2cccc([N+](=O)[O-])c2n1. The van der Waals surface area contributed by atoms with Crippen molar-refractivity contribution in [3.63, 3.8) is 0 Å². The fourth-order valence-electron chi connectivity index (χ4n) is 2.56. The lowest BCUT2D eigenvalue weighted by Gasteiger charge is -2.10. The van der Waals surface area contributed by atoms with E-state index in [0.29, 0.717) is 35.4 Å². The number of nitrogens with zero attached hydrogens (tertiary/aromatic N) is 3. The molecule has 0 aliphatic rings. The summed E-state index contributed by atoms with van der Waals surface area (Å²) in [4.78, 5) is 28.6. The molecule has 3 aromatic rings. The molecule has 2 heterocycles. The van der Waals surface area contributed by atoms with Gasteiger partial charge in [-0.2, -0.15) is 5.10 Å². The van der Waals surface area contributed by atoms with Crippen LogP contribution >= 0.6 is 0 Å². The fourth-order valence-corrected chi connectivity index (χ4v) is 2.56. The molecule has 1 aromatic carbocycles. The average Bonchev–Trinajstić information content (AvgIpc) is 2.96. The quantitative estimate of drug-likeness (QED) is 0.360. The normalized spacial score (nSPS) is 10.9. The van der Waals surface area contributed by atoms with Crippen molar-refractivity contribution < 1.29 is 4.92 Å². The molecule has 3 N–H and O–H groups in total. The molecule has 9 nitrogen and oxygen atoms in total. The van der Waals surface area contributed by atoms with Crippen LogP contribution in [-0.4, -0.2) is 31.6 Å². The van der Waals surface area contributed by atoms with Gasteiger partial charge in [0.05, 0.1) is 4.92 Å². The first-order valence-electron chi connectivity index (χ1n) is 7.47. The summed E-state index contributed by atoms with van der Waals surface area (Å²) in [6.07, 6.45) is 1.37. The van der Waals surface area contributed by atoms with Crippen LogP contribution in [0.2, 0.25) is 0 Å². The maximum atomic E-state index is 11.2. The van der Waals surface area contributed by atoms with Gasteiger partial charge in [-0.1, -0.05) is 12.1 Å². The Morgan fingerprint density at radius 1 is 1.38 bits per heavy atom. The highest BCUT2D eigenvalue weighted by Crippen LogP contribution is 2.29. The molecule has 0 aliphatic carbocycles. The Kier molecular flexibility index (Phi) is 4.23. The third-order valence-corrected chi connectivity index (χ3v) is 3.60. The molecule has 0 fully saturated rings. The van der Waals surface area contributed by atoms with Gasteiger partial charge in [0.2, 0.25) is 0 Å². The number of nitro benzene ring substituents is 1. The molecule has 0 amide bonds. The number of nitro groups is 1. The monoisotopic (exact) mass is 328 g/mol. The standard InChI is InChI=1S/C15H16N6O3/c1-9-8-11(16-7-3-6-13-18-15(22)20-19-13)10-4-2-5-12(21(23)24)14(10)17-9/h2,4-5,8H,3,6-7H2,1H3,(H,16,17)(H2,18,19,20,22). The number of para-hydroxylation sites is 1. The number of nitrogens with one attached hydrogen (secondary N) is 3. The molecule has 0 saturated heterocycles. The number of hydrogen-bond donors (Lipinski definition) is 3. The average molecular weight is 328 g/mol. The molecule has 0 saturated carbocycles. The van der Waals surface area contributed by atoms with Crippen molar-refractivity contribution in [1.29, 1.82) is 0 Å². The van der Waals surface area contributed by atoms with Gasteiger partial charge < -0.3 is 5.32 Å². The molecule has 24 heavy (non-hydrogen) atoms. The summed E-state index contributed by atoms with van der Waals surface area (Å²) in [5.41, 5.74) is 1.56. The summed E-state index contributed by atoms with van der Waals surface area (Å²) in [7, 11) is 0. The molecule has 0 bridgehead atoms. The summed E-state index contributed by atoms with van der Waals surface area (Å²) < 4.78 is 0. The van der Waals surface area contributed by atoms with E-state index in [9.17, 15) is 14.9 Å². The van der Waals surface area contributed by atoms with E-state index >= 15 is 0 Å². The van der Waals surface area contributed by atoms with Crippen LogP contribution in [0.1, 0.15) is 17.9 Å². The van der Waals surface area contributed by atoms with Crippen molar-refractivity contribution in [2.24, 2.45) is 0 Å². The van der Waals surface area contributed by atoms with Gasteiger partial charge in [0.25, 0.3) is 5.69 Å². The Morgan fingerprint density at radius 2 is 2.21 bits per heavy atom. The van der Waals surface area contributed by atoms with Gasteiger partial charge in [-0.3, -0.25) is 15.1 Å². The number of rotatable bonds is 6. The van der Waals surface area contributed by atoms with E-state index in [1.54, 1.807) is 13.0 Å². The van der Waals surface area contributed by atoms with Crippen molar-refractivity contribution in [1.82, 2.24) is 20.2 Å². The van der Waals surface area contributed by atoms with Gasteiger partial charge in [-0.15, -0.1) is 0 Å². The minimum Gasteiger partial charge on any atom is -0.384 e. The Labute approximate surface area is 136 Å². The van der Waals surface area contributed by atoms with Crippen molar-refractivity contribution in [3.8, 4) is 0 Å². The number of aromatic nitrogens is 4. The van der Waals surface area contributed by atoms with Crippen LogP contribution in [-0.2, 0) is 6.42 Å². The van der Waals surface area contributed by atoms with E-state index in [0.717, 1.165) is 12.1 Å². The van der Waals surface area contributed by atoms with E-state index in [-0.39, 0.29) is 11.4 Å². The highest BCUT2D eigenvalue weighted by Gasteiger charge is 2.15. The van der Waals surface area contributed by atoms with E-state index in [1.165, 1.54) is 6.07 Å². The molecule has 9 heteroatoms. The number of anilines is 1. The van der Waals surface area contributed by atoms with Gasteiger partial charge in [-0.25, -0.2) is 14.9 Å². The minimum absolute atomic E-state index is 0.00616. The molecular formula is C15H16N6O3. The van der Waals surface area contributed by atoms with Gasteiger partial charge in [-0.05, 0) is 19.4 Å². The molecule has 0 atom stereocenters. The number of hydrogen-bond acceptors (Lipinski definition) is 6. The second kappa shape index (κ2) is 6.49. The second-order valence-corrected chi connectivity index (χ2v) is 5.40. The number of aromatic amines is 2. The Bertz CT molecular complexity index is 946. The summed E-state index contributed by atoms with van der Waals surface area (Å²) >= 11 is 0. The van der Waals surface area contributed by atoms with Crippen LogP contribution in [0.5, 0.6) is 0 Å². The van der Waals surface area contributed by atoms with Crippen molar-refractivity contribution in [2.75, 3.05) is 11.9 Å². The molecule has 0 spiro atoms. The van der Waals surface area contributed by atoms with Crippen molar-refractivity contribution in [2.45, 2.75) is 19.8 Å². The van der Waals surface area contributed by atoms with Crippen LogP contribution < -0.4 is 11.0 Å². The minimum atomic E-state index is -0.424.